The number of halogens is 1. The Kier molecular flexibility index (Phi) is 5.97. The van der Waals surface area contributed by atoms with Crippen LogP contribution in [-0.2, 0) is 14.8 Å². The normalized spacial score (nSPS) is 11.0. The number of anilines is 2. The van der Waals surface area contributed by atoms with E-state index in [2.05, 4.69) is 5.32 Å². The van der Waals surface area contributed by atoms with Crippen LogP contribution in [0.1, 0.15) is 6.42 Å². The Morgan fingerprint density at radius 2 is 1.80 bits per heavy atom. The van der Waals surface area contributed by atoms with Gasteiger partial charge in [0.1, 0.15) is 11.6 Å². The molecule has 0 aliphatic rings. The molecule has 0 atom stereocenters. The molecule has 8 heteroatoms. The standard InChI is InChI=1S/C17H19FN2O4S/c1-24-16-6-4-3-5-15(16)20(25(2,22)23)12-11-17(21)19-14-9-7-13(18)8-10-14/h3-10H,11-12H2,1-2H3,(H,19,21). The Bertz CT molecular complexity index is 838. The molecule has 1 amide bonds. The van der Waals surface area contributed by atoms with E-state index in [-0.39, 0.29) is 18.9 Å². The molecule has 0 spiro atoms. The van der Waals surface area contributed by atoms with Crippen LogP contribution in [-0.4, -0.2) is 34.2 Å². The Morgan fingerprint density at radius 1 is 1.16 bits per heavy atom. The van der Waals surface area contributed by atoms with Crippen molar-refractivity contribution in [2.45, 2.75) is 6.42 Å². The Morgan fingerprint density at radius 3 is 2.40 bits per heavy atom. The third-order valence-electron chi connectivity index (χ3n) is 3.42. The molecule has 0 radical (unpaired) electrons. The van der Waals surface area contributed by atoms with Crippen molar-refractivity contribution in [2.75, 3.05) is 29.5 Å². The highest BCUT2D eigenvalue weighted by Crippen LogP contribution is 2.29. The van der Waals surface area contributed by atoms with Gasteiger partial charge in [-0.05, 0) is 36.4 Å². The van der Waals surface area contributed by atoms with Gasteiger partial charge in [0.05, 0.1) is 19.1 Å². The van der Waals surface area contributed by atoms with E-state index in [1.807, 2.05) is 0 Å². The Labute approximate surface area is 146 Å². The van der Waals surface area contributed by atoms with Crippen LogP contribution in [0.15, 0.2) is 48.5 Å². The van der Waals surface area contributed by atoms with Crippen molar-refractivity contribution in [1.29, 1.82) is 0 Å². The van der Waals surface area contributed by atoms with Gasteiger partial charge in [-0.15, -0.1) is 0 Å². The summed E-state index contributed by atoms with van der Waals surface area (Å²) in [5, 5.41) is 2.60. The highest BCUT2D eigenvalue weighted by molar-refractivity contribution is 7.92. The number of sulfonamides is 1. The average molecular weight is 366 g/mol. The number of hydrogen-bond donors (Lipinski definition) is 1. The molecule has 2 rings (SSSR count). The highest BCUT2D eigenvalue weighted by Gasteiger charge is 2.21. The number of nitrogens with one attached hydrogen (secondary N) is 1. The molecule has 0 saturated carbocycles. The number of hydrogen-bond acceptors (Lipinski definition) is 4. The molecule has 134 valence electrons. The summed E-state index contributed by atoms with van der Waals surface area (Å²) in [7, 11) is -2.16. The van der Waals surface area contributed by atoms with Gasteiger partial charge >= 0.3 is 0 Å². The largest absolute Gasteiger partial charge is 0.495 e. The number of benzene rings is 2. The van der Waals surface area contributed by atoms with E-state index in [4.69, 9.17) is 4.74 Å². The van der Waals surface area contributed by atoms with Crippen LogP contribution < -0.4 is 14.4 Å². The molecular weight excluding hydrogens is 347 g/mol. The molecule has 0 unspecified atom stereocenters. The number of rotatable bonds is 7. The van der Waals surface area contributed by atoms with Crippen LogP contribution in [0.4, 0.5) is 15.8 Å². The minimum absolute atomic E-state index is 0.0494. The summed E-state index contributed by atoms with van der Waals surface area (Å²) in [6.45, 7) is -0.0494. The lowest BCUT2D eigenvalue weighted by molar-refractivity contribution is -0.116. The Hall–Kier alpha value is -2.61. The predicted octanol–water partition coefficient (Wildman–Crippen LogP) is 2.63. The van der Waals surface area contributed by atoms with Crippen LogP contribution in [0.2, 0.25) is 0 Å². The molecule has 0 saturated heterocycles. The fourth-order valence-electron chi connectivity index (χ4n) is 2.26. The van der Waals surface area contributed by atoms with Gasteiger partial charge in [-0.2, -0.15) is 0 Å². The lowest BCUT2D eigenvalue weighted by Crippen LogP contribution is -2.33. The van der Waals surface area contributed by atoms with Gasteiger partial charge in [0.2, 0.25) is 15.9 Å². The maximum Gasteiger partial charge on any atom is 0.232 e. The number of nitrogens with zero attached hydrogens (tertiary/aromatic N) is 1. The maximum atomic E-state index is 12.9. The van der Waals surface area contributed by atoms with E-state index in [9.17, 15) is 17.6 Å². The van der Waals surface area contributed by atoms with Gasteiger partial charge in [0.15, 0.2) is 0 Å². The molecule has 1 N–H and O–H groups in total. The summed E-state index contributed by atoms with van der Waals surface area (Å²) >= 11 is 0. The van der Waals surface area contributed by atoms with E-state index in [0.29, 0.717) is 17.1 Å². The summed E-state index contributed by atoms with van der Waals surface area (Å²) in [6, 6.07) is 12.0. The number of methoxy groups -OCH3 is 1. The molecule has 2 aromatic carbocycles. The van der Waals surface area contributed by atoms with E-state index >= 15 is 0 Å². The summed E-state index contributed by atoms with van der Waals surface area (Å²) in [6.07, 6.45) is 1.000. The van der Waals surface area contributed by atoms with Crippen LogP contribution in [0.3, 0.4) is 0 Å². The fraction of sp³-hybridized carbons (Fsp3) is 0.235. The number of ether oxygens (including phenoxy) is 1. The summed E-state index contributed by atoms with van der Waals surface area (Å²) < 4.78 is 43.4. The summed E-state index contributed by atoms with van der Waals surface area (Å²) in [5.41, 5.74) is 0.802. The van der Waals surface area contributed by atoms with Crippen LogP contribution >= 0.6 is 0 Å². The van der Waals surface area contributed by atoms with Gasteiger partial charge in [0, 0.05) is 18.7 Å². The zero-order valence-electron chi connectivity index (χ0n) is 13.9. The van der Waals surface area contributed by atoms with Gasteiger partial charge in [-0.25, -0.2) is 12.8 Å². The molecule has 0 heterocycles. The maximum absolute atomic E-state index is 12.9. The SMILES string of the molecule is COc1ccccc1N(CCC(=O)Nc1ccc(F)cc1)S(C)(=O)=O. The first-order valence-corrected chi connectivity index (χ1v) is 9.32. The summed E-state index contributed by atoms with van der Waals surface area (Å²) in [4.78, 5) is 12.1. The number of carbonyl (C=O) groups is 1. The topological polar surface area (TPSA) is 75.7 Å². The third-order valence-corrected chi connectivity index (χ3v) is 4.60. The van der Waals surface area contributed by atoms with E-state index < -0.39 is 15.8 Å². The number of carbonyl (C=O) groups excluding carboxylic acids is 1. The first kappa shape index (κ1) is 18.7. The highest BCUT2D eigenvalue weighted by atomic mass is 32.2. The van der Waals surface area contributed by atoms with Gasteiger partial charge < -0.3 is 10.1 Å². The molecule has 2 aromatic rings. The minimum atomic E-state index is -3.60. The van der Waals surface area contributed by atoms with E-state index in [0.717, 1.165) is 10.6 Å². The first-order valence-electron chi connectivity index (χ1n) is 7.47. The van der Waals surface area contributed by atoms with E-state index in [1.54, 1.807) is 24.3 Å². The molecule has 25 heavy (non-hydrogen) atoms. The van der Waals surface area contributed by atoms with Gasteiger partial charge in [0.25, 0.3) is 0 Å². The molecule has 0 bridgehead atoms. The van der Waals surface area contributed by atoms with E-state index in [1.165, 1.54) is 31.4 Å². The second kappa shape index (κ2) is 7.98. The molecule has 0 aliphatic carbocycles. The van der Waals surface area contributed by atoms with Crippen molar-refractivity contribution >= 4 is 27.3 Å². The van der Waals surface area contributed by atoms with Gasteiger partial charge in [-0.1, -0.05) is 12.1 Å². The van der Waals surface area contributed by atoms with Crippen LogP contribution in [0.25, 0.3) is 0 Å². The lowest BCUT2D eigenvalue weighted by Gasteiger charge is -2.24. The minimum Gasteiger partial charge on any atom is -0.495 e. The first-order chi connectivity index (χ1) is 11.8. The fourth-order valence-corrected chi connectivity index (χ4v) is 3.19. The molecule has 0 aliphatic heterocycles. The molecule has 6 nitrogen and oxygen atoms in total. The van der Waals surface area contributed by atoms with Crippen molar-refractivity contribution in [3.8, 4) is 5.75 Å². The number of para-hydroxylation sites is 2. The van der Waals surface area contributed by atoms with Crippen molar-refractivity contribution in [3.05, 3.63) is 54.3 Å². The third kappa shape index (κ3) is 5.18. The summed E-state index contributed by atoms with van der Waals surface area (Å²) in [5.74, 6) is -0.389. The lowest BCUT2D eigenvalue weighted by atomic mass is 10.2. The Balaban J connectivity index is 2.10. The van der Waals surface area contributed by atoms with Crippen molar-refractivity contribution in [2.24, 2.45) is 0 Å². The average Bonchev–Trinajstić information content (AvgIpc) is 2.56. The monoisotopic (exact) mass is 366 g/mol. The smallest absolute Gasteiger partial charge is 0.232 e. The van der Waals surface area contributed by atoms with Crippen molar-refractivity contribution in [1.82, 2.24) is 0 Å². The second-order valence-electron chi connectivity index (χ2n) is 5.31. The van der Waals surface area contributed by atoms with Crippen LogP contribution in [0.5, 0.6) is 5.75 Å². The predicted molar refractivity (Wildman–Crippen MR) is 94.8 cm³/mol. The zero-order valence-corrected chi connectivity index (χ0v) is 14.7. The zero-order chi connectivity index (χ0) is 18.4. The second-order valence-corrected chi connectivity index (χ2v) is 7.22. The molecule has 0 fully saturated rings. The quantitative estimate of drug-likeness (QED) is 0.817. The van der Waals surface area contributed by atoms with Crippen molar-refractivity contribution in [3.63, 3.8) is 0 Å². The van der Waals surface area contributed by atoms with Crippen molar-refractivity contribution < 1.29 is 22.3 Å². The van der Waals surface area contributed by atoms with Crippen LogP contribution in [0, 0.1) is 5.82 Å². The number of amides is 1. The molecular formula is C17H19FN2O4S. The molecule has 0 aromatic heterocycles. The van der Waals surface area contributed by atoms with Gasteiger partial charge in [-0.3, -0.25) is 9.10 Å².